The molecule has 4 N–H and O–H groups in total. The number of nitrogens with two attached hydrogens (primary N) is 1. The minimum absolute atomic E-state index is 0.132. The zero-order chi connectivity index (χ0) is 10.4. The standard InChI is InChI=1S/C9H14N4O/c1-11-4-5-12-9(14)7-2-3-8(10)13-6-7/h2-3,6,11H,4-5H2,1H3,(H2,10,13)(H,12,14). The van der Waals surface area contributed by atoms with Crippen molar-refractivity contribution in [1.29, 1.82) is 0 Å². The second-order valence-corrected chi connectivity index (χ2v) is 2.83. The van der Waals surface area contributed by atoms with Crippen LogP contribution in [0.1, 0.15) is 10.4 Å². The molecular weight excluding hydrogens is 180 g/mol. The summed E-state index contributed by atoms with van der Waals surface area (Å²) in [5.41, 5.74) is 5.92. The van der Waals surface area contributed by atoms with Crippen LogP contribution in [0, 0.1) is 0 Å². The molecule has 0 spiro atoms. The molecule has 0 atom stereocenters. The van der Waals surface area contributed by atoms with E-state index in [-0.39, 0.29) is 5.91 Å². The summed E-state index contributed by atoms with van der Waals surface area (Å²) in [6.07, 6.45) is 1.46. The van der Waals surface area contributed by atoms with Gasteiger partial charge < -0.3 is 16.4 Å². The molecule has 5 heteroatoms. The van der Waals surface area contributed by atoms with Crippen molar-refractivity contribution in [3.05, 3.63) is 23.9 Å². The number of nitrogen functional groups attached to an aromatic ring is 1. The lowest BCUT2D eigenvalue weighted by atomic mass is 10.2. The topological polar surface area (TPSA) is 80.0 Å². The van der Waals surface area contributed by atoms with Crippen molar-refractivity contribution in [3.63, 3.8) is 0 Å². The van der Waals surface area contributed by atoms with Crippen LogP contribution in [0.3, 0.4) is 0 Å². The van der Waals surface area contributed by atoms with Crippen molar-refractivity contribution in [3.8, 4) is 0 Å². The Hall–Kier alpha value is -1.62. The number of nitrogens with zero attached hydrogens (tertiary/aromatic N) is 1. The van der Waals surface area contributed by atoms with Gasteiger partial charge >= 0.3 is 0 Å². The normalized spacial score (nSPS) is 9.79. The van der Waals surface area contributed by atoms with E-state index < -0.39 is 0 Å². The fourth-order valence-electron chi connectivity index (χ4n) is 0.943. The molecule has 0 aliphatic heterocycles. The number of anilines is 1. The fourth-order valence-corrected chi connectivity index (χ4v) is 0.943. The summed E-state index contributed by atoms with van der Waals surface area (Å²) in [6, 6.07) is 3.25. The van der Waals surface area contributed by atoms with Crippen molar-refractivity contribution in [2.75, 3.05) is 25.9 Å². The molecular formula is C9H14N4O. The largest absolute Gasteiger partial charge is 0.384 e. The predicted octanol–water partition coefficient (Wildman–Crippen LogP) is -0.387. The van der Waals surface area contributed by atoms with Gasteiger partial charge in [0.25, 0.3) is 5.91 Å². The second kappa shape index (κ2) is 5.18. The molecule has 0 saturated heterocycles. The van der Waals surface area contributed by atoms with Crippen LogP contribution in [0.15, 0.2) is 18.3 Å². The zero-order valence-electron chi connectivity index (χ0n) is 8.08. The highest BCUT2D eigenvalue weighted by Crippen LogP contribution is 2.00. The van der Waals surface area contributed by atoms with Crippen LogP contribution in [0.5, 0.6) is 0 Å². The summed E-state index contributed by atoms with van der Waals surface area (Å²) in [5, 5.41) is 5.67. The maximum Gasteiger partial charge on any atom is 0.252 e. The molecule has 0 saturated carbocycles. The Morgan fingerprint density at radius 3 is 2.86 bits per heavy atom. The number of carbonyl (C=O) groups is 1. The molecule has 0 aliphatic rings. The Kier molecular flexibility index (Phi) is 3.87. The van der Waals surface area contributed by atoms with E-state index in [1.54, 1.807) is 12.1 Å². The molecule has 76 valence electrons. The van der Waals surface area contributed by atoms with Crippen molar-refractivity contribution >= 4 is 11.7 Å². The smallest absolute Gasteiger partial charge is 0.252 e. The maximum absolute atomic E-state index is 11.4. The molecule has 1 amide bonds. The molecule has 1 rings (SSSR count). The van der Waals surface area contributed by atoms with E-state index >= 15 is 0 Å². The van der Waals surface area contributed by atoms with Gasteiger partial charge in [0, 0.05) is 19.3 Å². The van der Waals surface area contributed by atoms with Crippen molar-refractivity contribution < 1.29 is 4.79 Å². The number of amides is 1. The second-order valence-electron chi connectivity index (χ2n) is 2.83. The van der Waals surface area contributed by atoms with Gasteiger partial charge in [0.15, 0.2) is 0 Å². The molecule has 0 aliphatic carbocycles. The van der Waals surface area contributed by atoms with Crippen molar-refractivity contribution in [2.45, 2.75) is 0 Å². The van der Waals surface area contributed by atoms with Crippen molar-refractivity contribution in [1.82, 2.24) is 15.6 Å². The van der Waals surface area contributed by atoms with E-state index in [1.807, 2.05) is 7.05 Å². The number of pyridine rings is 1. The molecule has 0 aromatic carbocycles. The third kappa shape index (κ3) is 3.02. The maximum atomic E-state index is 11.4. The summed E-state index contributed by atoms with van der Waals surface area (Å²) in [6.45, 7) is 1.34. The molecule has 1 heterocycles. The number of carbonyl (C=O) groups excluding carboxylic acids is 1. The third-order valence-corrected chi connectivity index (χ3v) is 1.71. The van der Waals surface area contributed by atoms with Crippen LogP contribution >= 0.6 is 0 Å². The molecule has 5 nitrogen and oxygen atoms in total. The van der Waals surface area contributed by atoms with Crippen LogP contribution in [-0.4, -0.2) is 31.0 Å². The van der Waals surface area contributed by atoms with Gasteiger partial charge in [-0.15, -0.1) is 0 Å². The van der Waals surface area contributed by atoms with Gasteiger partial charge in [0.1, 0.15) is 5.82 Å². The number of likely N-dealkylation sites (N-methyl/N-ethyl adjacent to an activating group) is 1. The lowest BCUT2D eigenvalue weighted by Crippen LogP contribution is -2.30. The highest BCUT2D eigenvalue weighted by atomic mass is 16.1. The SMILES string of the molecule is CNCCNC(=O)c1ccc(N)nc1. The van der Waals surface area contributed by atoms with E-state index in [9.17, 15) is 4.79 Å². The molecule has 0 radical (unpaired) electrons. The van der Waals surface area contributed by atoms with Crippen molar-refractivity contribution in [2.24, 2.45) is 0 Å². The van der Waals surface area contributed by atoms with Gasteiger partial charge in [-0.25, -0.2) is 4.98 Å². The van der Waals surface area contributed by atoms with E-state index in [0.717, 1.165) is 6.54 Å². The molecule has 0 fully saturated rings. The Balaban J connectivity index is 2.48. The molecule has 1 aromatic heterocycles. The van der Waals surface area contributed by atoms with Crippen LogP contribution < -0.4 is 16.4 Å². The first-order valence-electron chi connectivity index (χ1n) is 4.38. The van der Waals surface area contributed by atoms with Gasteiger partial charge in [-0.1, -0.05) is 0 Å². The lowest BCUT2D eigenvalue weighted by molar-refractivity contribution is 0.0954. The van der Waals surface area contributed by atoms with Gasteiger partial charge in [0.05, 0.1) is 5.56 Å². The average Bonchev–Trinajstić information content (AvgIpc) is 2.19. The van der Waals surface area contributed by atoms with E-state index in [0.29, 0.717) is 17.9 Å². The highest BCUT2D eigenvalue weighted by molar-refractivity contribution is 5.93. The summed E-state index contributed by atoms with van der Waals surface area (Å²) >= 11 is 0. The monoisotopic (exact) mass is 194 g/mol. The van der Waals surface area contributed by atoms with Gasteiger partial charge in [-0.3, -0.25) is 4.79 Å². The van der Waals surface area contributed by atoms with Crippen LogP contribution in [0.4, 0.5) is 5.82 Å². The summed E-state index contributed by atoms with van der Waals surface area (Å²) in [4.78, 5) is 15.2. The minimum Gasteiger partial charge on any atom is -0.384 e. The van der Waals surface area contributed by atoms with E-state index in [4.69, 9.17) is 5.73 Å². The zero-order valence-corrected chi connectivity index (χ0v) is 8.08. The van der Waals surface area contributed by atoms with Crippen LogP contribution in [0.2, 0.25) is 0 Å². The number of aromatic nitrogens is 1. The average molecular weight is 194 g/mol. The summed E-state index contributed by atoms with van der Waals surface area (Å²) in [7, 11) is 1.83. The van der Waals surface area contributed by atoms with Gasteiger partial charge in [-0.05, 0) is 19.2 Å². The first-order chi connectivity index (χ1) is 6.74. The molecule has 0 unspecified atom stereocenters. The third-order valence-electron chi connectivity index (χ3n) is 1.71. The number of nitrogens with one attached hydrogen (secondary N) is 2. The Morgan fingerprint density at radius 1 is 1.50 bits per heavy atom. The first kappa shape index (κ1) is 10.5. The minimum atomic E-state index is -0.132. The van der Waals surface area contributed by atoms with E-state index in [1.165, 1.54) is 6.20 Å². The first-order valence-corrected chi connectivity index (χ1v) is 4.38. The molecule has 1 aromatic rings. The quantitative estimate of drug-likeness (QED) is 0.570. The molecule has 0 bridgehead atoms. The predicted molar refractivity (Wildman–Crippen MR) is 54.9 cm³/mol. The van der Waals surface area contributed by atoms with Gasteiger partial charge in [-0.2, -0.15) is 0 Å². The lowest BCUT2D eigenvalue weighted by Gasteiger charge is -2.03. The number of rotatable bonds is 4. The number of hydrogen-bond acceptors (Lipinski definition) is 4. The summed E-state index contributed by atoms with van der Waals surface area (Å²) < 4.78 is 0. The molecule has 14 heavy (non-hydrogen) atoms. The highest BCUT2D eigenvalue weighted by Gasteiger charge is 2.03. The fraction of sp³-hybridized carbons (Fsp3) is 0.333. The van der Waals surface area contributed by atoms with Crippen LogP contribution in [0.25, 0.3) is 0 Å². The van der Waals surface area contributed by atoms with Crippen LogP contribution in [-0.2, 0) is 0 Å². The Morgan fingerprint density at radius 2 is 2.29 bits per heavy atom. The van der Waals surface area contributed by atoms with Gasteiger partial charge in [0.2, 0.25) is 0 Å². The Labute approximate surface area is 82.7 Å². The summed E-state index contributed by atoms with van der Waals surface area (Å²) in [5.74, 6) is 0.282. The number of hydrogen-bond donors (Lipinski definition) is 3. The van der Waals surface area contributed by atoms with E-state index in [2.05, 4.69) is 15.6 Å². The Bertz CT molecular complexity index is 296.